The fourth-order valence-electron chi connectivity index (χ4n) is 5.74. The lowest BCUT2D eigenvalue weighted by Gasteiger charge is -2.50. The zero-order valence-corrected chi connectivity index (χ0v) is 17.0. The molecule has 0 spiro atoms. The first-order valence-corrected chi connectivity index (χ1v) is 10.5. The minimum atomic E-state index is -0.0394. The summed E-state index contributed by atoms with van der Waals surface area (Å²) in [6, 6.07) is 17.7. The fourth-order valence-corrected chi connectivity index (χ4v) is 5.74. The summed E-state index contributed by atoms with van der Waals surface area (Å²) in [6.45, 7) is 0.988. The molecule has 4 heterocycles. The van der Waals surface area contributed by atoms with E-state index in [0.29, 0.717) is 18.0 Å². The standard InChI is InChI=1S/C25H27NO3/c1-28-23-6-4-3-5-20(23)17-9-7-16(8-10-17)13-18-15-26-19-11-12-22(26)24(21(18)14-19)25(27)29-2/h3-10,13,19,21-22,24H,11-12,14-15H2,1-2H3/b18-13+. The number of ether oxygens (including phenoxy) is 2. The van der Waals surface area contributed by atoms with E-state index >= 15 is 0 Å². The number of methoxy groups -OCH3 is 2. The third kappa shape index (κ3) is 3.06. The maximum Gasteiger partial charge on any atom is 0.310 e. The lowest BCUT2D eigenvalue weighted by Crippen LogP contribution is -2.58. The normalized spacial score (nSPS) is 31.1. The van der Waals surface area contributed by atoms with Gasteiger partial charge >= 0.3 is 5.97 Å². The third-order valence-corrected chi connectivity index (χ3v) is 7.06. The summed E-state index contributed by atoms with van der Waals surface area (Å²) in [4.78, 5) is 15.1. The second-order valence-electron chi connectivity index (χ2n) is 8.40. The first-order chi connectivity index (χ1) is 14.2. The number of piperidine rings is 3. The van der Waals surface area contributed by atoms with Gasteiger partial charge in [-0.1, -0.05) is 54.1 Å². The minimum Gasteiger partial charge on any atom is -0.496 e. The van der Waals surface area contributed by atoms with E-state index in [1.54, 1.807) is 7.11 Å². The quantitative estimate of drug-likeness (QED) is 0.727. The van der Waals surface area contributed by atoms with Crippen LogP contribution in [0.5, 0.6) is 5.75 Å². The summed E-state index contributed by atoms with van der Waals surface area (Å²) >= 11 is 0. The van der Waals surface area contributed by atoms with Crippen LogP contribution in [0.4, 0.5) is 0 Å². The summed E-state index contributed by atoms with van der Waals surface area (Å²) in [5, 5.41) is 0. The van der Waals surface area contributed by atoms with Crippen molar-refractivity contribution in [1.82, 2.24) is 4.90 Å². The van der Waals surface area contributed by atoms with E-state index in [0.717, 1.165) is 36.3 Å². The van der Waals surface area contributed by atoms with Gasteiger partial charge in [-0.3, -0.25) is 9.69 Å². The Bertz CT molecular complexity index is 949. The van der Waals surface area contributed by atoms with Gasteiger partial charge in [0.05, 0.1) is 20.1 Å². The SMILES string of the molecule is COC(=O)C1C2CC3CCC1N3C/C2=C\c1ccc(-c2ccccc2OC)cc1. The molecule has 5 atom stereocenters. The van der Waals surface area contributed by atoms with Crippen LogP contribution in [0.2, 0.25) is 0 Å². The molecule has 4 saturated heterocycles. The van der Waals surface area contributed by atoms with Gasteiger partial charge in [-0.05, 0) is 42.4 Å². The van der Waals surface area contributed by atoms with Crippen molar-refractivity contribution in [2.75, 3.05) is 20.8 Å². The molecule has 2 aromatic rings. The number of esters is 1. The van der Waals surface area contributed by atoms with Crippen molar-refractivity contribution in [3.63, 3.8) is 0 Å². The summed E-state index contributed by atoms with van der Waals surface area (Å²) in [7, 11) is 3.22. The molecule has 4 fully saturated rings. The average Bonchev–Trinajstić information content (AvgIpc) is 3.08. The van der Waals surface area contributed by atoms with Gasteiger partial charge in [-0.2, -0.15) is 0 Å². The summed E-state index contributed by atoms with van der Waals surface area (Å²) in [6.07, 6.45) is 5.72. The van der Waals surface area contributed by atoms with E-state index in [4.69, 9.17) is 9.47 Å². The number of carbonyl (C=O) groups is 1. The van der Waals surface area contributed by atoms with Crippen LogP contribution in [0.3, 0.4) is 0 Å². The van der Waals surface area contributed by atoms with Gasteiger partial charge < -0.3 is 9.47 Å². The van der Waals surface area contributed by atoms with Crippen LogP contribution in [0.25, 0.3) is 17.2 Å². The van der Waals surface area contributed by atoms with E-state index < -0.39 is 0 Å². The maximum atomic E-state index is 12.5. The molecule has 4 nitrogen and oxygen atoms in total. The topological polar surface area (TPSA) is 38.8 Å². The molecule has 0 radical (unpaired) electrons. The van der Waals surface area contributed by atoms with Crippen LogP contribution in [-0.4, -0.2) is 43.7 Å². The number of nitrogens with zero attached hydrogens (tertiary/aromatic N) is 1. The van der Waals surface area contributed by atoms with Gasteiger partial charge in [0.2, 0.25) is 0 Å². The summed E-state index contributed by atoms with van der Waals surface area (Å²) in [5.74, 6) is 1.15. The highest BCUT2D eigenvalue weighted by Crippen LogP contribution is 2.50. The van der Waals surface area contributed by atoms with Gasteiger partial charge in [0.1, 0.15) is 5.75 Å². The van der Waals surface area contributed by atoms with E-state index in [-0.39, 0.29) is 11.9 Å². The van der Waals surface area contributed by atoms with Crippen LogP contribution < -0.4 is 4.74 Å². The Morgan fingerprint density at radius 2 is 1.86 bits per heavy atom. The predicted octanol–water partition coefficient (Wildman–Crippen LogP) is 4.40. The number of fused-ring (bicyclic) bond motifs is 1. The molecule has 4 bridgehead atoms. The number of benzene rings is 2. The molecule has 4 aliphatic heterocycles. The average molecular weight is 389 g/mol. The smallest absolute Gasteiger partial charge is 0.310 e. The number of hydrogen-bond donors (Lipinski definition) is 0. The Labute approximate surface area is 172 Å². The molecule has 4 aliphatic rings. The fraction of sp³-hybridized carbons (Fsp3) is 0.400. The second kappa shape index (κ2) is 7.34. The second-order valence-corrected chi connectivity index (χ2v) is 8.40. The lowest BCUT2D eigenvalue weighted by atomic mass is 9.71. The van der Waals surface area contributed by atoms with E-state index in [1.165, 1.54) is 24.7 Å². The number of carbonyl (C=O) groups excluding carboxylic acids is 1. The number of hydrogen-bond acceptors (Lipinski definition) is 4. The molecule has 150 valence electrons. The van der Waals surface area contributed by atoms with Gasteiger partial charge in [-0.25, -0.2) is 0 Å². The Kier molecular flexibility index (Phi) is 4.67. The molecule has 29 heavy (non-hydrogen) atoms. The van der Waals surface area contributed by atoms with Crippen molar-refractivity contribution >= 4 is 12.0 Å². The molecule has 0 N–H and O–H groups in total. The van der Waals surface area contributed by atoms with Crippen molar-refractivity contribution in [3.8, 4) is 16.9 Å². The summed E-state index contributed by atoms with van der Waals surface area (Å²) in [5.41, 5.74) is 4.80. The van der Waals surface area contributed by atoms with Gasteiger partial charge in [-0.15, -0.1) is 0 Å². The van der Waals surface area contributed by atoms with E-state index in [2.05, 4.69) is 41.3 Å². The van der Waals surface area contributed by atoms with Crippen LogP contribution in [0.15, 0.2) is 54.1 Å². The van der Waals surface area contributed by atoms with Crippen LogP contribution in [0.1, 0.15) is 24.8 Å². The third-order valence-electron chi connectivity index (χ3n) is 7.06. The van der Waals surface area contributed by atoms with Gasteiger partial charge in [0.25, 0.3) is 0 Å². The highest BCUT2D eigenvalue weighted by Gasteiger charge is 2.55. The highest BCUT2D eigenvalue weighted by molar-refractivity contribution is 5.76. The molecule has 0 aromatic heterocycles. The Morgan fingerprint density at radius 3 is 2.62 bits per heavy atom. The Hall–Kier alpha value is -2.59. The largest absolute Gasteiger partial charge is 0.496 e. The van der Waals surface area contributed by atoms with Gasteiger partial charge in [0.15, 0.2) is 0 Å². The molecule has 5 unspecified atom stereocenters. The van der Waals surface area contributed by atoms with Crippen LogP contribution in [-0.2, 0) is 9.53 Å². The highest BCUT2D eigenvalue weighted by atomic mass is 16.5. The minimum absolute atomic E-state index is 0.00777. The monoisotopic (exact) mass is 389 g/mol. The number of rotatable bonds is 4. The van der Waals surface area contributed by atoms with Gasteiger partial charge in [0, 0.05) is 24.2 Å². The number of para-hydroxylation sites is 1. The van der Waals surface area contributed by atoms with E-state index in [9.17, 15) is 4.79 Å². The van der Waals surface area contributed by atoms with Crippen LogP contribution >= 0.6 is 0 Å². The molecule has 0 amide bonds. The molecule has 6 rings (SSSR count). The molecule has 0 saturated carbocycles. The van der Waals surface area contributed by atoms with Crippen molar-refractivity contribution < 1.29 is 14.3 Å². The lowest BCUT2D eigenvalue weighted by molar-refractivity contribution is -0.153. The Balaban J connectivity index is 1.43. The molecule has 4 heteroatoms. The molecular formula is C25H27NO3. The summed E-state index contributed by atoms with van der Waals surface area (Å²) < 4.78 is 10.7. The first-order valence-electron chi connectivity index (χ1n) is 10.5. The van der Waals surface area contributed by atoms with Crippen molar-refractivity contribution in [1.29, 1.82) is 0 Å². The maximum absolute atomic E-state index is 12.5. The molecule has 0 aliphatic carbocycles. The van der Waals surface area contributed by atoms with Crippen molar-refractivity contribution in [2.45, 2.75) is 31.3 Å². The van der Waals surface area contributed by atoms with E-state index in [1.807, 2.05) is 18.2 Å². The van der Waals surface area contributed by atoms with Crippen molar-refractivity contribution in [2.24, 2.45) is 11.8 Å². The van der Waals surface area contributed by atoms with Crippen molar-refractivity contribution in [3.05, 3.63) is 59.7 Å². The molecular weight excluding hydrogens is 362 g/mol. The zero-order valence-electron chi connectivity index (χ0n) is 17.0. The zero-order chi connectivity index (χ0) is 20.0. The van der Waals surface area contributed by atoms with Crippen LogP contribution in [0, 0.1) is 11.8 Å². The predicted molar refractivity (Wildman–Crippen MR) is 114 cm³/mol. The Morgan fingerprint density at radius 1 is 1.07 bits per heavy atom. The molecule has 2 aromatic carbocycles. The first kappa shape index (κ1) is 18.4.